The number of hydrogen-bond donors (Lipinski definition) is 1. The van der Waals surface area contributed by atoms with Gasteiger partial charge in [-0.25, -0.2) is 9.18 Å². The summed E-state index contributed by atoms with van der Waals surface area (Å²) in [5.74, 6) is 0.311. The fraction of sp³-hybridized carbons (Fsp3) is 0.588. The molecule has 1 aliphatic carbocycles. The van der Waals surface area contributed by atoms with Crippen molar-refractivity contribution in [2.45, 2.75) is 51.1 Å². The highest BCUT2D eigenvalue weighted by Gasteiger charge is 2.22. The van der Waals surface area contributed by atoms with Crippen molar-refractivity contribution < 1.29 is 13.9 Å². The number of hydrogen-bond acceptors (Lipinski definition) is 2. The van der Waals surface area contributed by atoms with E-state index in [1.54, 1.807) is 12.1 Å². The highest BCUT2D eigenvalue weighted by molar-refractivity contribution is 5.74. The van der Waals surface area contributed by atoms with E-state index in [4.69, 9.17) is 4.74 Å². The molecule has 1 aliphatic rings. The molecule has 4 nitrogen and oxygen atoms in total. The SMILES string of the molecule is CC(COc1ccc(F)cc1)NC(=O)N(C)C1CCCCC1. The highest BCUT2D eigenvalue weighted by Crippen LogP contribution is 2.21. The Balaban J connectivity index is 1.74. The summed E-state index contributed by atoms with van der Waals surface area (Å²) < 4.78 is 18.4. The summed E-state index contributed by atoms with van der Waals surface area (Å²) in [7, 11) is 1.86. The predicted octanol–water partition coefficient (Wildman–Crippen LogP) is 3.57. The van der Waals surface area contributed by atoms with Gasteiger partial charge >= 0.3 is 6.03 Å². The lowest BCUT2D eigenvalue weighted by Crippen LogP contribution is -2.48. The molecule has 0 saturated heterocycles. The van der Waals surface area contributed by atoms with Gasteiger partial charge in [-0.1, -0.05) is 19.3 Å². The third-order valence-corrected chi connectivity index (χ3v) is 4.13. The Hall–Kier alpha value is -1.78. The van der Waals surface area contributed by atoms with Crippen LogP contribution in [0.15, 0.2) is 24.3 Å². The van der Waals surface area contributed by atoms with Crippen LogP contribution in [-0.4, -0.2) is 36.7 Å². The van der Waals surface area contributed by atoms with Crippen LogP contribution in [0.2, 0.25) is 0 Å². The first-order valence-corrected chi connectivity index (χ1v) is 7.98. The molecule has 1 N–H and O–H groups in total. The Morgan fingerprint density at radius 1 is 1.32 bits per heavy atom. The van der Waals surface area contributed by atoms with Gasteiger partial charge in [-0.3, -0.25) is 0 Å². The molecule has 0 heterocycles. The Bertz CT molecular complexity index is 472. The number of halogens is 1. The minimum absolute atomic E-state index is 0.0536. The average Bonchev–Trinajstić information content (AvgIpc) is 2.54. The van der Waals surface area contributed by atoms with Gasteiger partial charge in [0, 0.05) is 13.1 Å². The summed E-state index contributed by atoms with van der Waals surface area (Å²) in [6.45, 7) is 2.26. The van der Waals surface area contributed by atoms with Gasteiger partial charge in [0.25, 0.3) is 0 Å². The molecule has 0 aromatic heterocycles. The maximum absolute atomic E-state index is 12.8. The molecule has 1 aromatic carbocycles. The summed E-state index contributed by atoms with van der Waals surface area (Å²) in [5, 5.41) is 2.95. The maximum atomic E-state index is 12.8. The van der Waals surface area contributed by atoms with Gasteiger partial charge in [0.2, 0.25) is 0 Å². The van der Waals surface area contributed by atoms with Gasteiger partial charge in [0.05, 0.1) is 6.04 Å². The second-order valence-electron chi connectivity index (χ2n) is 6.02. The van der Waals surface area contributed by atoms with Crippen LogP contribution in [0, 0.1) is 5.82 Å². The molecule has 22 heavy (non-hydrogen) atoms. The van der Waals surface area contributed by atoms with Gasteiger partial charge in [-0.2, -0.15) is 0 Å². The fourth-order valence-electron chi connectivity index (χ4n) is 2.74. The average molecular weight is 308 g/mol. The normalized spacial score (nSPS) is 16.9. The van der Waals surface area contributed by atoms with E-state index >= 15 is 0 Å². The second-order valence-corrected chi connectivity index (χ2v) is 6.02. The van der Waals surface area contributed by atoms with Gasteiger partial charge in [0.15, 0.2) is 0 Å². The first-order chi connectivity index (χ1) is 10.6. The van der Waals surface area contributed by atoms with E-state index in [1.165, 1.54) is 31.4 Å². The first-order valence-electron chi connectivity index (χ1n) is 7.98. The van der Waals surface area contributed by atoms with Crippen molar-refractivity contribution in [3.8, 4) is 5.75 Å². The van der Waals surface area contributed by atoms with Crippen molar-refractivity contribution in [2.75, 3.05) is 13.7 Å². The number of rotatable bonds is 5. The highest BCUT2D eigenvalue weighted by atomic mass is 19.1. The lowest BCUT2D eigenvalue weighted by Gasteiger charge is -2.32. The molecule has 5 heteroatoms. The second kappa shape index (κ2) is 8.01. The molecule has 2 amide bonds. The van der Waals surface area contributed by atoms with E-state index in [-0.39, 0.29) is 17.9 Å². The molecular weight excluding hydrogens is 283 g/mol. The van der Waals surface area contributed by atoms with E-state index < -0.39 is 0 Å². The minimum Gasteiger partial charge on any atom is -0.491 e. The molecule has 2 rings (SSSR count). The van der Waals surface area contributed by atoms with Crippen LogP contribution in [0.4, 0.5) is 9.18 Å². The van der Waals surface area contributed by atoms with Gasteiger partial charge in [-0.15, -0.1) is 0 Å². The third-order valence-electron chi connectivity index (χ3n) is 4.13. The van der Waals surface area contributed by atoms with E-state index in [2.05, 4.69) is 5.32 Å². The lowest BCUT2D eigenvalue weighted by molar-refractivity contribution is 0.166. The van der Waals surface area contributed by atoms with Crippen LogP contribution in [0.3, 0.4) is 0 Å². The summed E-state index contributed by atoms with van der Waals surface area (Å²) in [6.07, 6.45) is 5.85. The van der Waals surface area contributed by atoms with Crippen LogP contribution in [-0.2, 0) is 0 Å². The first kappa shape index (κ1) is 16.6. The standard InChI is InChI=1S/C17H25FN2O2/c1-13(12-22-16-10-8-14(18)9-11-16)19-17(21)20(2)15-6-4-3-5-7-15/h8-11,13,15H,3-7,12H2,1-2H3,(H,19,21). The number of carbonyl (C=O) groups excluding carboxylic acids is 1. The van der Waals surface area contributed by atoms with Gasteiger partial charge in [-0.05, 0) is 44.0 Å². The predicted molar refractivity (Wildman–Crippen MR) is 84.5 cm³/mol. The molecule has 1 aromatic rings. The third kappa shape index (κ3) is 4.90. The molecule has 0 aliphatic heterocycles. The Morgan fingerprint density at radius 2 is 1.95 bits per heavy atom. The zero-order valence-electron chi connectivity index (χ0n) is 13.3. The van der Waals surface area contributed by atoms with Crippen LogP contribution in [0.5, 0.6) is 5.75 Å². The van der Waals surface area contributed by atoms with E-state index in [9.17, 15) is 9.18 Å². The summed E-state index contributed by atoms with van der Waals surface area (Å²) in [4.78, 5) is 14.0. The maximum Gasteiger partial charge on any atom is 0.317 e. The van der Waals surface area contributed by atoms with Crippen LogP contribution < -0.4 is 10.1 Å². The van der Waals surface area contributed by atoms with Gasteiger partial charge in [0.1, 0.15) is 18.2 Å². The quantitative estimate of drug-likeness (QED) is 0.903. The fourth-order valence-corrected chi connectivity index (χ4v) is 2.74. The van der Waals surface area contributed by atoms with Crippen molar-refractivity contribution in [3.05, 3.63) is 30.1 Å². The Labute approximate surface area is 131 Å². The number of benzene rings is 1. The molecule has 1 fully saturated rings. The number of ether oxygens (including phenoxy) is 1. The number of urea groups is 1. The Kier molecular flexibility index (Phi) is 6.04. The molecule has 0 bridgehead atoms. The molecule has 1 unspecified atom stereocenters. The topological polar surface area (TPSA) is 41.6 Å². The van der Waals surface area contributed by atoms with Crippen molar-refractivity contribution in [3.63, 3.8) is 0 Å². The zero-order valence-corrected chi connectivity index (χ0v) is 13.3. The number of nitrogens with zero attached hydrogens (tertiary/aromatic N) is 1. The minimum atomic E-state index is -0.289. The van der Waals surface area contributed by atoms with E-state index in [0.717, 1.165) is 12.8 Å². The smallest absolute Gasteiger partial charge is 0.317 e. The molecule has 0 radical (unpaired) electrons. The number of carbonyl (C=O) groups is 1. The van der Waals surface area contributed by atoms with Crippen molar-refractivity contribution in [1.82, 2.24) is 10.2 Å². The molecular formula is C17H25FN2O2. The number of nitrogens with one attached hydrogen (secondary N) is 1. The van der Waals surface area contributed by atoms with E-state index in [1.807, 2.05) is 18.9 Å². The molecule has 1 saturated carbocycles. The summed E-state index contributed by atoms with van der Waals surface area (Å²) >= 11 is 0. The summed E-state index contributed by atoms with van der Waals surface area (Å²) in [6, 6.07) is 6.06. The summed E-state index contributed by atoms with van der Waals surface area (Å²) in [5.41, 5.74) is 0. The Morgan fingerprint density at radius 3 is 2.59 bits per heavy atom. The lowest BCUT2D eigenvalue weighted by atomic mass is 9.95. The van der Waals surface area contributed by atoms with E-state index in [0.29, 0.717) is 18.4 Å². The zero-order chi connectivity index (χ0) is 15.9. The monoisotopic (exact) mass is 308 g/mol. The van der Waals surface area contributed by atoms with Crippen LogP contribution in [0.1, 0.15) is 39.0 Å². The van der Waals surface area contributed by atoms with Crippen molar-refractivity contribution in [2.24, 2.45) is 0 Å². The molecule has 1 atom stereocenters. The van der Waals surface area contributed by atoms with Crippen LogP contribution in [0.25, 0.3) is 0 Å². The van der Waals surface area contributed by atoms with Crippen molar-refractivity contribution in [1.29, 1.82) is 0 Å². The van der Waals surface area contributed by atoms with Gasteiger partial charge < -0.3 is 15.0 Å². The van der Waals surface area contributed by atoms with Crippen molar-refractivity contribution >= 4 is 6.03 Å². The molecule has 0 spiro atoms. The number of amides is 2. The largest absolute Gasteiger partial charge is 0.491 e. The molecule has 122 valence electrons. The van der Waals surface area contributed by atoms with Crippen LogP contribution >= 0.6 is 0 Å².